The van der Waals surface area contributed by atoms with Crippen LogP contribution in [0.25, 0.3) is 0 Å². The molecule has 7 nitrogen and oxygen atoms in total. The van der Waals surface area contributed by atoms with Crippen LogP contribution < -0.4 is 5.73 Å². The number of nitrogens with two attached hydrogens (primary N) is 1. The van der Waals surface area contributed by atoms with Crippen LogP contribution in [0.3, 0.4) is 0 Å². The van der Waals surface area contributed by atoms with E-state index in [4.69, 9.17) is 10.9 Å². The second-order valence-corrected chi connectivity index (χ2v) is 6.80. The maximum Gasteiger partial charge on any atom is 0.236 e. The summed E-state index contributed by atoms with van der Waals surface area (Å²) in [6.45, 7) is 6.88. The van der Waals surface area contributed by atoms with Crippen molar-refractivity contribution < 1.29 is 15.1 Å². The molecule has 1 saturated heterocycles. The average Bonchev–Trinajstić information content (AvgIpc) is 2.36. The molecule has 2 aliphatic rings. The first-order valence-corrected chi connectivity index (χ1v) is 7.51. The fraction of sp³-hybridized carbons (Fsp3) is 0.857. The highest BCUT2D eigenvalue weighted by Gasteiger charge is 2.50. The zero-order valence-corrected chi connectivity index (χ0v) is 12.9. The molecular formula is C14H26N4O3. The van der Waals surface area contributed by atoms with E-state index in [1.165, 1.54) is 0 Å². The molecule has 1 aliphatic carbocycles. The predicted octanol–water partition coefficient (Wildman–Crippen LogP) is -0.182. The number of β-amino-alcohol motifs (C(OH)–C–C–N with tert-alkyl or cyclic N) is 1. The van der Waals surface area contributed by atoms with Crippen molar-refractivity contribution >= 4 is 11.7 Å². The first-order chi connectivity index (χ1) is 9.78. The molecule has 0 radical (unpaired) electrons. The van der Waals surface area contributed by atoms with Gasteiger partial charge >= 0.3 is 0 Å². The summed E-state index contributed by atoms with van der Waals surface area (Å²) in [6, 6.07) is 0. The van der Waals surface area contributed by atoms with Gasteiger partial charge in [-0.05, 0) is 26.7 Å². The Bertz CT molecular complexity index is 418. The number of hydrogen-bond donors (Lipinski definition) is 3. The Labute approximate surface area is 125 Å². The van der Waals surface area contributed by atoms with Gasteiger partial charge in [0, 0.05) is 32.7 Å². The van der Waals surface area contributed by atoms with E-state index in [-0.39, 0.29) is 11.7 Å². The minimum absolute atomic E-state index is 0.0213. The van der Waals surface area contributed by atoms with Crippen LogP contribution in [0.15, 0.2) is 5.16 Å². The molecule has 0 spiro atoms. The molecule has 2 fully saturated rings. The molecule has 1 heterocycles. The van der Waals surface area contributed by atoms with Crippen molar-refractivity contribution in [2.75, 3.05) is 32.7 Å². The molecule has 0 unspecified atom stereocenters. The Hall–Kier alpha value is -1.34. The minimum Gasteiger partial charge on any atom is -0.409 e. The van der Waals surface area contributed by atoms with Crippen molar-refractivity contribution in [3.63, 3.8) is 0 Å². The van der Waals surface area contributed by atoms with Crippen LogP contribution in [0, 0.1) is 5.41 Å². The Balaban J connectivity index is 1.94. The van der Waals surface area contributed by atoms with Gasteiger partial charge in [-0.3, -0.25) is 9.69 Å². The fourth-order valence-electron chi connectivity index (χ4n) is 3.16. The van der Waals surface area contributed by atoms with Crippen molar-refractivity contribution in [1.82, 2.24) is 9.80 Å². The van der Waals surface area contributed by atoms with Crippen LogP contribution in [-0.4, -0.2) is 70.2 Å². The Morgan fingerprint density at radius 3 is 2.24 bits per heavy atom. The normalized spacial score (nSPS) is 23.8. The highest BCUT2D eigenvalue weighted by molar-refractivity contribution is 6.07. The van der Waals surface area contributed by atoms with E-state index in [2.05, 4.69) is 10.1 Å². The second-order valence-electron chi connectivity index (χ2n) is 6.80. The number of amidine groups is 1. The molecule has 0 aromatic carbocycles. The van der Waals surface area contributed by atoms with Gasteiger partial charge in [-0.15, -0.1) is 0 Å². The van der Waals surface area contributed by atoms with Gasteiger partial charge in [0.15, 0.2) is 5.84 Å². The van der Waals surface area contributed by atoms with Crippen LogP contribution in [0.2, 0.25) is 0 Å². The quantitative estimate of drug-likeness (QED) is 0.289. The molecule has 21 heavy (non-hydrogen) atoms. The molecule has 1 aliphatic heterocycles. The monoisotopic (exact) mass is 298 g/mol. The minimum atomic E-state index is -0.785. The lowest BCUT2D eigenvalue weighted by atomic mass is 9.66. The van der Waals surface area contributed by atoms with E-state index in [0.717, 1.165) is 19.5 Å². The van der Waals surface area contributed by atoms with E-state index < -0.39 is 11.0 Å². The first kappa shape index (κ1) is 16.0. The zero-order chi connectivity index (χ0) is 15.7. The summed E-state index contributed by atoms with van der Waals surface area (Å²) < 4.78 is 0. The standard InChI is InChI=1S/C14H26N4O3/c1-13(2,20)10-17-6-8-18(9-7-17)12(19)14(4-3-5-14)11(15)16-21/h20-21H,3-10H2,1-2H3,(H2,15,16). The van der Waals surface area contributed by atoms with E-state index in [0.29, 0.717) is 32.5 Å². The second kappa shape index (κ2) is 5.81. The number of oxime groups is 1. The topological polar surface area (TPSA) is 102 Å². The highest BCUT2D eigenvalue weighted by Crippen LogP contribution is 2.43. The van der Waals surface area contributed by atoms with Crippen LogP contribution in [-0.2, 0) is 4.79 Å². The van der Waals surface area contributed by atoms with E-state index in [1.807, 2.05) is 0 Å². The molecule has 0 bridgehead atoms. The molecule has 7 heteroatoms. The predicted molar refractivity (Wildman–Crippen MR) is 79.0 cm³/mol. The van der Waals surface area contributed by atoms with Gasteiger partial charge < -0.3 is 20.9 Å². The third-order valence-electron chi connectivity index (χ3n) is 4.48. The van der Waals surface area contributed by atoms with Crippen molar-refractivity contribution in [1.29, 1.82) is 0 Å². The number of carbonyl (C=O) groups excluding carboxylic acids is 1. The Morgan fingerprint density at radius 1 is 1.29 bits per heavy atom. The number of amides is 1. The lowest BCUT2D eigenvalue weighted by Crippen LogP contribution is -2.59. The van der Waals surface area contributed by atoms with Gasteiger partial charge in [0.25, 0.3) is 0 Å². The van der Waals surface area contributed by atoms with Gasteiger partial charge in [-0.1, -0.05) is 11.6 Å². The fourth-order valence-corrected chi connectivity index (χ4v) is 3.16. The molecule has 1 saturated carbocycles. The van der Waals surface area contributed by atoms with Crippen molar-refractivity contribution in [2.24, 2.45) is 16.3 Å². The average molecular weight is 298 g/mol. The summed E-state index contributed by atoms with van der Waals surface area (Å²) in [7, 11) is 0. The summed E-state index contributed by atoms with van der Waals surface area (Å²) in [4.78, 5) is 16.6. The van der Waals surface area contributed by atoms with E-state index in [9.17, 15) is 9.90 Å². The molecule has 1 amide bonds. The Morgan fingerprint density at radius 2 is 1.86 bits per heavy atom. The Kier molecular flexibility index (Phi) is 4.43. The summed E-state index contributed by atoms with van der Waals surface area (Å²) in [6.07, 6.45) is 2.25. The van der Waals surface area contributed by atoms with Gasteiger partial charge in [-0.2, -0.15) is 0 Å². The maximum atomic E-state index is 12.7. The molecule has 0 aromatic rings. The first-order valence-electron chi connectivity index (χ1n) is 7.51. The molecular weight excluding hydrogens is 272 g/mol. The third kappa shape index (κ3) is 3.29. The van der Waals surface area contributed by atoms with Crippen LogP contribution in [0.5, 0.6) is 0 Å². The highest BCUT2D eigenvalue weighted by atomic mass is 16.4. The van der Waals surface area contributed by atoms with Gasteiger partial charge in [0.2, 0.25) is 5.91 Å². The van der Waals surface area contributed by atoms with Crippen LogP contribution >= 0.6 is 0 Å². The molecule has 2 rings (SSSR count). The lowest BCUT2D eigenvalue weighted by Gasteiger charge is -2.45. The van der Waals surface area contributed by atoms with E-state index in [1.54, 1.807) is 18.7 Å². The SMILES string of the molecule is CC(C)(O)CN1CCN(C(=O)C2(C(N)=NO)CCC2)CC1. The van der Waals surface area contributed by atoms with Gasteiger partial charge in [0.05, 0.1) is 5.60 Å². The largest absolute Gasteiger partial charge is 0.409 e. The number of aliphatic hydroxyl groups is 1. The molecule has 4 N–H and O–H groups in total. The zero-order valence-electron chi connectivity index (χ0n) is 12.9. The number of hydrogen-bond acceptors (Lipinski definition) is 5. The smallest absolute Gasteiger partial charge is 0.236 e. The van der Waals surface area contributed by atoms with Crippen LogP contribution in [0.4, 0.5) is 0 Å². The van der Waals surface area contributed by atoms with Gasteiger partial charge in [0.1, 0.15) is 5.41 Å². The molecule has 0 atom stereocenters. The van der Waals surface area contributed by atoms with Crippen LogP contribution in [0.1, 0.15) is 33.1 Å². The number of nitrogens with zero attached hydrogens (tertiary/aromatic N) is 3. The number of carbonyl (C=O) groups is 1. The summed E-state index contributed by atoms with van der Waals surface area (Å²) in [5, 5.41) is 21.8. The maximum absolute atomic E-state index is 12.7. The number of piperazine rings is 1. The summed E-state index contributed by atoms with van der Waals surface area (Å²) in [5.74, 6) is 0.0182. The lowest BCUT2D eigenvalue weighted by molar-refractivity contribution is -0.144. The van der Waals surface area contributed by atoms with Crippen molar-refractivity contribution in [3.05, 3.63) is 0 Å². The molecule has 0 aromatic heterocycles. The van der Waals surface area contributed by atoms with Crippen molar-refractivity contribution in [2.45, 2.75) is 38.7 Å². The molecule has 120 valence electrons. The van der Waals surface area contributed by atoms with E-state index >= 15 is 0 Å². The third-order valence-corrected chi connectivity index (χ3v) is 4.48. The van der Waals surface area contributed by atoms with Gasteiger partial charge in [-0.25, -0.2) is 0 Å². The summed E-state index contributed by atoms with van der Waals surface area (Å²) >= 11 is 0. The number of rotatable bonds is 4. The summed E-state index contributed by atoms with van der Waals surface area (Å²) in [5.41, 5.74) is 4.23. The van der Waals surface area contributed by atoms with Crippen molar-refractivity contribution in [3.8, 4) is 0 Å².